The van der Waals surface area contributed by atoms with Crippen molar-refractivity contribution in [2.75, 3.05) is 37.5 Å². The molecule has 1 saturated heterocycles. The van der Waals surface area contributed by atoms with E-state index in [-0.39, 0.29) is 5.75 Å². The fraction of sp³-hybridized carbons (Fsp3) is 0.353. The van der Waals surface area contributed by atoms with Crippen molar-refractivity contribution in [3.05, 3.63) is 36.2 Å². The number of sulfone groups is 1. The molecule has 26 heavy (non-hydrogen) atoms. The molecule has 0 amide bonds. The van der Waals surface area contributed by atoms with Crippen LogP contribution in [0.4, 0.5) is 5.82 Å². The van der Waals surface area contributed by atoms with E-state index in [1.807, 2.05) is 18.2 Å². The third-order valence-corrected chi connectivity index (χ3v) is 5.14. The van der Waals surface area contributed by atoms with E-state index in [1.54, 1.807) is 12.4 Å². The zero-order valence-electron chi connectivity index (χ0n) is 14.3. The molecule has 0 atom stereocenters. The van der Waals surface area contributed by atoms with Crippen molar-refractivity contribution in [1.82, 2.24) is 20.2 Å². The summed E-state index contributed by atoms with van der Waals surface area (Å²) >= 11 is 0. The molecular weight excluding hydrogens is 354 g/mol. The zero-order chi connectivity index (χ0) is 18.1. The van der Waals surface area contributed by atoms with Gasteiger partial charge in [0.05, 0.1) is 24.7 Å². The second-order valence-corrected chi connectivity index (χ2v) is 8.48. The molecule has 3 aromatic rings. The van der Waals surface area contributed by atoms with Gasteiger partial charge in [0.2, 0.25) is 0 Å². The Hall–Kier alpha value is -2.52. The maximum Gasteiger partial charge on any atom is 0.151 e. The van der Waals surface area contributed by atoms with E-state index >= 15 is 0 Å². The normalized spacial score (nSPS) is 15.5. The summed E-state index contributed by atoms with van der Waals surface area (Å²) in [6, 6.07) is 5.50. The minimum absolute atomic E-state index is 0.0458. The lowest BCUT2D eigenvalue weighted by molar-refractivity contribution is 0.122. The van der Waals surface area contributed by atoms with E-state index in [1.165, 1.54) is 6.26 Å². The van der Waals surface area contributed by atoms with Crippen LogP contribution in [0.5, 0.6) is 0 Å². The first-order valence-corrected chi connectivity index (χ1v) is 10.4. The summed E-state index contributed by atoms with van der Waals surface area (Å²) in [5.74, 6) is 0.698. The number of pyridine rings is 2. The van der Waals surface area contributed by atoms with Crippen LogP contribution in [-0.2, 0) is 20.3 Å². The van der Waals surface area contributed by atoms with Gasteiger partial charge in [0, 0.05) is 37.1 Å². The van der Waals surface area contributed by atoms with Crippen LogP contribution in [0, 0.1) is 0 Å². The number of aromatic amines is 1. The number of H-pyrrole nitrogens is 1. The molecule has 1 aliphatic heterocycles. The third kappa shape index (κ3) is 3.40. The number of rotatable bonds is 4. The van der Waals surface area contributed by atoms with E-state index in [0.29, 0.717) is 24.4 Å². The van der Waals surface area contributed by atoms with Gasteiger partial charge >= 0.3 is 0 Å². The molecule has 1 fully saturated rings. The fourth-order valence-corrected chi connectivity index (χ4v) is 3.95. The Morgan fingerprint density at radius 3 is 2.73 bits per heavy atom. The molecule has 8 nitrogen and oxygen atoms in total. The highest BCUT2D eigenvalue weighted by atomic mass is 32.2. The van der Waals surface area contributed by atoms with Gasteiger partial charge in [-0.1, -0.05) is 0 Å². The number of anilines is 1. The Morgan fingerprint density at radius 2 is 2.04 bits per heavy atom. The van der Waals surface area contributed by atoms with Gasteiger partial charge in [0.25, 0.3) is 0 Å². The number of hydrogen-bond donors (Lipinski definition) is 1. The number of ether oxygens (including phenoxy) is 1. The molecule has 0 bridgehead atoms. The van der Waals surface area contributed by atoms with E-state index in [4.69, 9.17) is 9.72 Å². The van der Waals surface area contributed by atoms with Gasteiger partial charge in [-0.25, -0.2) is 13.4 Å². The molecule has 1 N–H and O–H groups in total. The maximum atomic E-state index is 12.0. The van der Waals surface area contributed by atoms with Gasteiger partial charge < -0.3 is 9.64 Å². The van der Waals surface area contributed by atoms with Crippen molar-refractivity contribution in [3.8, 4) is 11.4 Å². The molecule has 136 valence electrons. The van der Waals surface area contributed by atoms with Crippen molar-refractivity contribution >= 4 is 26.6 Å². The van der Waals surface area contributed by atoms with E-state index in [9.17, 15) is 8.42 Å². The van der Waals surface area contributed by atoms with Crippen molar-refractivity contribution in [1.29, 1.82) is 0 Å². The van der Waals surface area contributed by atoms with Crippen LogP contribution >= 0.6 is 0 Å². The molecule has 3 aromatic heterocycles. The van der Waals surface area contributed by atoms with Crippen LogP contribution < -0.4 is 4.90 Å². The van der Waals surface area contributed by atoms with Crippen LogP contribution in [0.25, 0.3) is 22.3 Å². The summed E-state index contributed by atoms with van der Waals surface area (Å²) in [4.78, 5) is 11.4. The minimum Gasteiger partial charge on any atom is -0.378 e. The van der Waals surface area contributed by atoms with Crippen LogP contribution in [0.1, 0.15) is 5.56 Å². The average molecular weight is 373 g/mol. The highest BCUT2D eigenvalue weighted by molar-refractivity contribution is 7.89. The maximum absolute atomic E-state index is 12.0. The topological polar surface area (TPSA) is 101 Å². The Morgan fingerprint density at radius 1 is 1.23 bits per heavy atom. The molecular formula is C17H19N5O3S. The van der Waals surface area contributed by atoms with Gasteiger partial charge in [-0.3, -0.25) is 10.1 Å². The highest BCUT2D eigenvalue weighted by Gasteiger charge is 2.19. The molecule has 0 saturated carbocycles. The molecule has 9 heteroatoms. The first-order chi connectivity index (χ1) is 12.5. The summed E-state index contributed by atoms with van der Waals surface area (Å²) in [7, 11) is -3.19. The van der Waals surface area contributed by atoms with Crippen molar-refractivity contribution in [2.45, 2.75) is 5.75 Å². The fourth-order valence-electron chi connectivity index (χ4n) is 3.15. The number of morpholine rings is 1. The van der Waals surface area contributed by atoms with Gasteiger partial charge in [-0.05, 0) is 23.8 Å². The second-order valence-electron chi connectivity index (χ2n) is 6.34. The van der Waals surface area contributed by atoms with Crippen LogP contribution in [0.15, 0.2) is 30.6 Å². The zero-order valence-corrected chi connectivity index (χ0v) is 15.2. The summed E-state index contributed by atoms with van der Waals surface area (Å²) < 4.78 is 29.3. The molecule has 0 spiro atoms. The molecule has 4 rings (SSSR count). The van der Waals surface area contributed by atoms with E-state index in [2.05, 4.69) is 20.1 Å². The molecule has 0 unspecified atom stereocenters. The molecule has 4 heterocycles. The number of aromatic nitrogens is 4. The summed E-state index contributed by atoms with van der Waals surface area (Å²) in [5, 5.41) is 7.68. The van der Waals surface area contributed by atoms with Gasteiger partial charge in [-0.15, -0.1) is 0 Å². The predicted molar refractivity (Wildman–Crippen MR) is 98.7 cm³/mol. The number of nitrogens with zero attached hydrogens (tertiary/aromatic N) is 4. The minimum atomic E-state index is -3.19. The van der Waals surface area contributed by atoms with Crippen LogP contribution in [0.3, 0.4) is 0 Å². The predicted octanol–water partition coefficient (Wildman–Crippen LogP) is 1.40. The summed E-state index contributed by atoms with van der Waals surface area (Å²) in [6.45, 7) is 2.69. The molecule has 0 aromatic carbocycles. The Kier molecular flexibility index (Phi) is 4.33. The first-order valence-electron chi connectivity index (χ1n) is 8.30. The van der Waals surface area contributed by atoms with Crippen molar-refractivity contribution < 1.29 is 13.2 Å². The SMILES string of the molecule is CS(=O)(=O)Cc1cc(N2CCOCC2)nc2c(-c3ccn[nH]3)nccc12. The van der Waals surface area contributed by atoms with Gasteiger partial charge in [0.15, 0.2) is 9.84 Å². The largest absolute Gasteiger partial charge is 0.378 e. The van der Waals surface area contributed by atoms with Crippen LogP contribution in [-0.4, -0.2) is 61.1 Å². The number of hydrogen-bond acceptors (Lipinski definition) is 7. The lowest BCUT2D eigenvalue weighted by Crippen LogP contribution is -2.36. The Balaban J connectivity index is 1.94. The summed E-state index contributed by atoms with van der Waals surface area (Å²) in [6.07, 6.45) is 4.56. The number of fused-ring (bicyclic) bond motifs is 1. The third-order valence-electron chi connectivity index (χ3n) is 4.31. The standard InChI is InChI=1S/C17H19N5O3S/c1-26(23,24)11-12-10-15(22-6-8-25-9-7-22)20-16-13(12)2-4-18-17(16)14-3-5-19-21-14/h2-5,10H,6-9,11H2,1H3,(H,19,21). The summed E-state index contributed by atoms with van der Waals surface area (Å²) in [5.41, 5.74) is 2.79. The average Bonchev–Trinajstić information content (AvgIpc) is 3.15. The Labute approximate surface area is 151 Å². The van der Waals surface area contributed by atoms with Crippen molar-refractivity contribution in [2.24, 2.45) is 0 Å². The molecule has 1 aliphatic rings. The highest BCUT2D eigenvalue weighted by Crippen LogP contribution is 2.30. The number of nitrogens with one attached hydrogen (secondary N) is 1. The van der Waals surface area contributed by atoms with Crippen molar-refractivity contribution in [3.63, 3.8) is 0 Å². The smallest absolute Gasteiger partial charge is 0.151 e. The molecule has 0 radical (unpaired) electrons. The molecule has 0 aliphatic carbocycles. The lowest BCUT2D eigenvalue weighted by Gasteiger charge is -2.28. The van der Waals surface area contributed by atoms with Gasteiger partial charge in [-0.2, -0.15) is 5.10 Å². The first kappa shape index (κ1) is 16.9. The quantitative estimate of drug-likeness (QED) is 0.738. The van der Waals surface area contributed by atoms with E-state index < -0.39 is 9.84 Å². The van der Waals surface area contributed by atoms with Gasteiger partial charge in [0.1, 0.15) is 17.0 Å². The monoisotopic (exact) mass is 373 g/mol. The van der Waals surface area contributed by atoms with Crippen LogP contribution in [0.2, 0.25) is 0 Å². The lowest BCUT2D eigenvalue weighted by atomic mass is 10.1. The second kappa shape index (κ2) is 6.65. The van der Waals surface area contributed by atoms with E-state index in [0.717, 1.165) is 35.6 Å². The Bertz CT molecular complexity index is 1030.